The van der Waals surface area contributed by atoms with Gasteiger partial charge in [-0.2, -0.15) is 0 Å². The van der Waals surface area contributed by atoms with Crippen molar-refractivity contribution in [3.63, 3.8) is 0 Å². The largest absolute Gasteiger partial charge is 0.289 e. The molecule has 2 nitrogen and oxygen atoms in total. The van der Waals surface area contributed by atoms with E-state index in [1.807, 2.05) is 0 Å². The van der Waals surface area contributed by atoms with Crippen LogP contribution in [0.25, 0.3) is 0 Å². The lowest BCUT2D eigenvalue weighted by molar-refractivity contribution is 0.103. The molecule has 0 N–H and O–H groups in total. The summed E-state index contributed by atoms with van der Waals surface area (Å²) in [4.78, 5) is 15.9. The van der Waals surface area contributed by atoms with Gasteiger partial charge in [0.15, 0.2) is 5.78 Å². The summed E-state index contributed by atoms with van der Waals surface area (Å²) in [5.74, 6) is -0.567. The molecule has 0 spiro atoms. The van der Waals surface area contributed by atoms with Gasteiger partial charge in [0.1, 0.15) is 5.82 Å². The van der Waals surface area contributed by atoms with Gasteiger partial charge in [-0.15, -0.1) is 0 Å². The van der Waals surface area contributed by atoms with Crippen LogP contribution < -0.4 is 0 Å². The molecule has 1 heterocycles. The fraction of sp³-hybridized carbons (Fsp3) is 0.0769. The lowest BCUT2D eigenvalue weighted by Gasteiger charge is -2.04. The van der Waals surface area contributed by atoms with E-state index in [4.69, 9.17) is 11.6 Å². The molecule has 0 amide bonds. The number of halogens is 2. The zero-order chi connectivity index (χ0) is 12.4. The molecule has 0 aliphatic rings. The number of hydrogen-bond acceptors (Lipinski definition) is 2. The van der Waals surface area contributed by atoms with Crippen LogP contribution in [0.4, 0.5) is 4.39 Å². The molecule has 0 atom stereocenters. The van der Waals surface area contributed by atoms with Crippen molar-refractivity contribution in [1.82, 2.24) is 4.98 Å². The van der Waals surface area contributed by atoms with E-state index >= 15 is 0 Å². The molecule has 17 heavy (non-hydrogen) atoms. The summed E-state index contributed by atoms with van der Waals surface area (Å²) in [5, 5.41) is 0.291. The quantitative estimate of drug-likeness (QED) is 0.764. The Bertz CT molecular complexity index is 583. The van der Waals surface area contributed by atoms with Crippen LogP contribution in [0.15, 0.2) is 36.7 Å². The molecule has 0 saturated carbocycles. The van der Waals surface area contributed by atoms with E-state index in [1.165, 1.54) is 30.6 Å². The zero-order valence-corrected chi connectivity index (χ0v) is 9.83. The summed E-state index contributed by atoms with van der Waals surface area (Å²) < 4.78 is 13.1. The highest BCUT2D eigenvalue weighted by molar-refractivity contribution is 6.34. The number of benzene rings is 1. The fourth-order valence-electron chi connectivity index (χ4n) is 1.50. The van der Waals surface area contributed by atoms with Crippen molar-refractivity contribution in [3.8, 4) is 0 Å². The third kappa shape index (κ3) is 2.34. The predicted molar refractivity (Wildman–Crippen MR) is 63.8 cm³/mol. The number of pyridine rings is 1. The molecule has 1 aromatic heterocycles. The van der Waals surface area contributed by atoms with Crippen LogP contribution in [-0.4, -0.2) is 10.8 Å². The van der Waals surface area contributed by atoms with Crippen LogP contribution in [-0.2, 0) is 0 Å². The van der Waals surface area contributed by atoms with Crippen molar-refractivity contribution < 1.29 is 9.18 Å². The summed E-state index contributed by atoms with van der Waals surface area (Å²) >= 11 is 5.88. The van der Waals surface area contributed by atoms with Gasteiger partial charge in [-0.1, -0.05) is 11.6 Å². The van der Waals surface area contributed by atoms with E-state index < -0.39 is 0 Å². The fourth-order valence-corrected chi connectivity index (χ4v) is 1.71. The maximum absolute atomic E-state index is 13.1. The Hall–Kier alpha value is -1.74. The standard InChI is InChI=1S/C13H9ClFNO/c1-8-6-9(2-3-12(8)15)13(17)10-4-5-16-7-11(10)14/h2-7H,1H3. The predicted octanol–water partition coefficient (Wildman–Crippen LogP) is 3.41. The third-order valence-electron chi connectivity index (χ3n) is 2.44. The topological polar surface area (TPSA) is 30.0 Å². The molecule has 4 heteroatoms. The molecule has 0 bridgehead atoms. The molecule has 0 fully saturated rings. The van der Waals surface area contributed by atoms with Crippen molar-refractivity contribution in [1.29, 1.82) is 0 Å². The minimum Gasteiger partial charge on any atom is -0.289 e. The Labute approximate surface area is 103 Å². The van der Waals surface area contributed by atoms with Gasteiger partial charge in [-0.05, 0) is 36.8 Å². The van der Waals surface area contributed by atoms with Gasteiger partial charge in [0.05, 0.1) is 5.02 Å². The monoisotopic (exact) mass is 249 g/mol. The molecule has 0 aliphatic heterocycles. The van der Waals surface area contributed by atoms with Gasteiger partial charge in [-0.25, -0.2) is 4.39 Å². The van der Waals surface area contributed by atoms with Crippen LogP contribution in [0, 0.1) is 12.7 Å². The average Bonchev–Trinajstić information content (AvgIpc) is 2.32. The van der Waals surface area contributed by atoms with Gasteiger partial charge in [-0.3, -0.25) is 9.78 Å². The van der Waals surface area contributed by atoms with Crippen LogP contribution in [0.3, 0.4) is 0 Å². The number of rotatable bonds is 2. The number of aryl methyl sites for hydroxylation is 1. The second-order valence-electron chi connectivity index (χ2n) is 3.65. The molecule has 2 aromatic rings. The number of aromatic nitrogens is 1. The van der Waals surface area contributed by atoms with Crippen LogP contribution in [0.5, 0.6) is 0 Å². The van der Waals surface area contributed by atoms with Crippen molar-refractivity contribution >= 4 is 17.4 Å². The van der Waals surface area contributed by atoms with Crippen molar-refractivity contribution in [2.24, 2.45) is 0 Å². The second-order valence-corrected chi connectivity index (χ2v) is 4.06. The second kappa shape index (κ2) is 4.63. The summed E-state index contributed by atoms with van der Waals surface area (Å²) in [6.07, 6.45) is 2.90. The number of nitrogens with zero attached hydrogens (tertiary/aromatic N) is 1. The molecule has 2 rings (SSSR count). The summed E-state index contributed by atoms with van der Waals surface area (Å²) in [6, 6.07) is 5.77. The van der Waals surface area contributed by atoms with E-state index in [-0.39, 0.29) is 11.6 Å². The van der Waals surface area contributed by atoms with Crippen LogP contribution >= 0.6 is 11.6 Å². The van der Waals surface area contributed by atoms with Gasteiger partial charge in [0.25, 0.3) is 0 Å². The molecular weight excluding hydrogens is 241 g/mol. The van der Waals surface area contributed by atoms with E-state index in [9.17, 15) is 9.18 Å². The molecule has 86 valence electrons. The van der Waals surface area contributed by atoms with Crippen molar-refractivity contribution in [3.05, 3.63) is 64.2 Å². The summed E-state index contributed by atoms with van der Waals surface area (Å²) in [7, 11) is 0. The van der Waals surface area contributed by atoms with E-state index in [2.05, 4.69) is 4.98 Å². The highest BCUT2D eigenvalue weighted by atomic mass is 35.5. The molecular formula is C13H9ClFNO. The highest BCUT2D eigenvalue weighted by Crippen LogP contribution is 2.19. The normalized spacial score (nSPS) is 10.3. The minimum absolute atomic E-state index is 0.236. The molecule has 0 aliphatic carbocycles. The minimum atomic E-state index is -0.331. The van der Waals surface area contributed by atoms with Gasteiger partial charge < -0.3 is 0 Å². The van der Waals surface area contributed by atoms with Crippen molar-refractivity contribution in [2.75, 3.05) is 0 Å². The Balaban J connectivity index is 2.44. The zero-order valence-electron chi connectivity index (χ0n) is 9.08. The Morgan fingerprint density at radius 1 is 1.35 bits per heavy atom. The van der Waals surface area contributed by atoms with E-state index in [0.717, 1.165) is 0 Å². The first kappa shape index (κ1) is 11.7. The smallest absolute Gasteiger partial charge is 0.194 e. The molecule has 1 aromatic carbocycles. The number of ketones is 1. The average molecular weight is 250 g/mol. The highest BCUT2D eigenvalue weighted by Gasteiger charge is 2.13. The van der Waals surface area contributed by atoms with Crippen LogP contribution in [0.2, 0.25) is 5.02 Å². The molecule has 0 radical (unpaired) electrons. The Morgan fingerprint density at radius 2 is 2.12 bits per heavy atom. The molecule has 0 unspecified atom stereocenters. The SMILES string of the molecule is Cc1cc(C(=O)c2ccncc2Cl)ccc1F. The van der Waals surface area contributed by atoms with E-state index in [0.29, 0.717) is 21.7 Å². The Kier molecular flexibility index (Phi) is 3.20. The summed E-state index contributed by atoms with van der Waals surface area (Å²) in [5.41, 5.74) is 1.21. The van der Waals surface area contributed by atoms with Gasteiger partial charge in [0, 0.05) is 23.5 Å². The number of hydrogen-bond donors (Lipinski definition) is 0. The van der Waals surface area contributed by atoms with Crippen molar-refractivity contribution in [2.45, 2.75) is 6.92 Å². The summed E-state index contributed by atoms with van der Waals surface area (Å²) in [6.45, 7) is 1.61. The lowest BCUT2D eigenvalue weighted by Crippen LogP contribution is -2.03. The van der Waals surface area contributed by atoms with E-state index in [1.54, 1.807) is 13.0 Å². The number of carbonyl (C=O) groups excluding carboxylic acids is 1. The maximum Gasteiger partial charge on any atom is 0.194 e. The first-order valence-electron chi connectivity index (χ1n) is 5.00. The maximum atomic E-state index is 13.1. The molecule has 0 saturated heterocycles. The first-order chi connectivity index (χ1) is 8.09. The van der Waals surface area contributed by atoms with Gasteiger partial charge >= 0.3 is 0 Å². The first-order valence-corrected chi connectivity index (χ1v) is 5.38. The van der Waals surface area contributed by atoms with Gasteiger partial charge in [0.2, 0.25) is 0 Å². The number of carbonyl (C=O) groups is 1. The Morgan fingerprint density at radius 3 is 2.76 bits per heavy atom. The van der Waals surface area contributed by atoms with Crippen LogP contribution in [0.1, 0.15) is 21.5 Å². The third-order valence-corrected chi connectivity index (χ3v) is 2.74. The lowest BCUT2D eigenvalue weighted by atomic mass is 10.0.